The van der Waals surface area contributed by atoms with Crippen LogP contribution in [0.2, 0.25) is 0 Å². The number of nitrogens with one attached hydrogen (secondary N) is 3. The standard InChI is InChI=1S/C49H59F2N3O10S2/c1-26(18-38(57)27(2)53-42(60)15-17-52-44(62)28(3)65-6)43(61)54-31-8-7-9-33(19-31)66-25-29-10-12-30(13-11-29)45-63-41-22-34-35-21-37(50)36-20-32(56)14-16-46(36,4)48(35,51)39(58)23-47(34,5)49(41,64-45)40(59)24-55/h7-14,16,19-20,26-28,34-35,37,39,41,45,55,58H,15,17-18,21-25H2,1-6H3,(H,52,62)(H,53,60)(H,54,61)/t26-,27+,28?,34+,35+,37+,39+,41-,45-,46+,47+,48+,49-/m1/s1. The lowest BCUT2D eigenvalue weighted by atomic mass is 9.44. The lowest BCUT2D eigenvalue weighted by molar-refractivity contribution is -0.235. The van der Waals surface area contributed by atoms with E-state index in [9.17, 15) is 39.0 Å². The normalized spacial score (nSPS) is 33.2. The molecule has 3 amide bonds. The molecule has 0 spiro atoms. The van der Waals surface area contributed by atoms with E-state index in [0.717, 1.165) is 16.5 Å². The molecule has 1 aliphatic heterocycles. The molecule has 5 aliphatic rings. The van der Waals surface area contributed by atoms with Gasteiger partial charge in [0.25, 0.3) is 0 Å². The number of ether oxygens (including phenoxy) is 2. The summed E-state index contributed by atoms with van der Waals surface area (Å²) in [5.74, 6) is -4.10. The van der Waals surface area contributed by atoms with Gasteiger partial charge < -0.3 is 35.6 Å². The van der Waals surface area contributed by atoms with Gasteiger partial charge in [-0.3, -0.25) is 28.8 Å². The first-order chi connectivity index (χ1) is 31.2. The second kappa shape index (κ2) is 19.4. The predicted octanol–water partition coefficient (Wildman–Crippen LogP) is 5.92. The summed E-state index contributed by atoms with van der Waals surface area (Å²) in [5.41, 5.74) is -4.79. The van der Waals surface area contributed by atoms with Gasteiger partial charge >= 0.3 is 0 Å². The minimum atomic E-state index is -2.34. The lowest BCUT2D eigenvalue weighted by Gasteiger charge is -2.63. The minimum absolute atomic E-state index is 0.00793. The number of alkyl halides is 2. The number of aliphatic hydroxyl groups is 2. The third-order valence-electron chi connectivity index (χ3n) is 14.9. The number of allylic oxidation sites excluding steroid dienone is 4. The zero-order valence-electron chi connectivity index (χ0n) is 37.9. The highest BCUT2D eigenvalue weighted by Gasteiger charge is 2.80. The second-order valence-corrected chi connectivity index (χ2v) is 21.0. The molecule has 4 fully saturated rings. The highest BCUT2D eigenvalue weighted by molar-refractivity contribution is 7.99. The molecular weight excluding hydrogens is 893 g/mol. The Balaban J connectivity index is 0.939. The Labute approximate surface area is 392 Å². The first-order valence-electron chi connectivity index (χ1n) is 22.4. The van der Waals surface area contributed by atoms with E-state index in [2.05, 4.69) is 16.0 Å². The van der Waals surface area contributed by atoms with Crippen molar-refractivity contribution in [3.63, 3.8) is 0 Å². The molecule has 13 atom stereocenters. The Morgan fingerprint density at radius 1 is 1.00 bits per heavy atom. The van der Waals surface area contributed by atoms with E-state index in [0.29, 0.717) is 17.0 Å². The number of rotatable bonds is 17. The lowest BCUT2D eigenvalue weighted by Crippen LogP contribution is -2.70. The molecule has 17 heteroatoms. The Kier molecular flexibility index (Phi) is 14.6. The van der Waals surface area contributed by atoms with Crippen molar-refractivity contribution in [1.82, 2.24) is 10.6 Å². The summed E-state index contributed by atoms with van der Waals surface area (Å²) >= 11 is 2.92. The average Bonchev–Trinajstić information content (AvgIpc) is 3.79. The molecule has 0 aromatic heterocycles. The average molecular weight is 952 g/mol. The van der Waals surface area contributed by atoms with Gasteiger partial charge in [0.15, 0.2) is 34.9 Å². The number of hydrogen-bond donors (Lipinski definition) is 5. The fourth-order valence-corrected chi connectivity index (χ4v) is 12.3. The summed E-state index contributed by atoms with van der Waals surface area (Å²) in [6, 6.07) is 13.9. The third-order valence-corrected chi connectivity index (χ3v) is 16.9. The van der Waals surface area contributed by atoms with E-state index in [1.807, 2.05) is 48.7 Å². The van der Waals surface area contributed by atoms with Crippen LogP contribution in [-0.2, 0) is 44.0 Å². The number of Topliss-reactive ketones (excluding diaryl/α,β-unsaturated/α-hetero) is 2. The van der Waals surface area contributed by atoms with Gasteiger partial charge in [-0.2, -0.15) is 11.8 Å². The van der Waals surface area contributed by atoms with E-state index in [4.69, 9.17) is 9.47 Å². The monoisotopic (exact) mass is 951 g/mol. The van der Waals surface area contributed by atoms with E-state index >= 15 is 8.78 Å². The van der Waals surface area contributed by atoms with Crippen LogP contribution < -0.4 is 16.0 Å². The van der Waals surface area contributed by atoms with Crippen molar-refractivity contribution in [1.29, 1.82) is 0 Å². The molecule has 5 N–H and O–H groups in total. The molecule has 1 saturated heterocycles. The zero-order valence-corrected chi connectivity index (χ0v) is 39.6. The Morgan fingerprint density at radius 2 is 1.73 bits per heavy atom. The predicted molar refractivity (Wildman–Crippen MR) is 246 cm³/mol. The summed E-state index contributed by atoms with van der Waals surface area (Å²) in [7, 11) is 0. The number of thioether (sulfide) groups is 2. The van der Waals surface area contributed by atoms with Crippen molar-refractivity contribution < 1.29 is 57.2 Å². The van der Waals surface area contributed by atoms with Gasteiger partial charge in [-0.1, -0.05) is 50.3 Å². The molecule has 2 aromatic carbocycles. The van der Waals surface area contributed by atoms with E-state index in [-0.39, 0.29) is 73.0 Å². The fraction of sp³-hybridized carbons (Fsp3) is 0.551. The van der Waals surface area contributed by atoms with Crippen LogP contribution in [0.4, 0.5) is 14.5 Å². The van der Waals surface area contributed by atoms with Gasteiger partial charge in [-0.05, 0) is 93.7 Å². The Bertz CT molecular complexity index is 2320. The zero-order chi connectivity index (χ0) is 47.9. The molecule has 2 aromatic rings. The van der Waals surface area contributed by atoms with Crippen molar-refractivity contribution in [2.24, 2.45) is 28.6 Å². The van der Waals surface area contributed by atoms with Crippen LogP contribution in [0.1, 0.15) is 84.1 Å². The number of benzene rings is 2. The van der Waals surface area contributed by atoms with Crippen LogP contribution in [-0.4, -0.2) is 106 Å². The van der Waals surface area contributed by atoms with Crippen LogP contribution >= 0.6 is 23.5 Å². The summed E-state index contributed by atoms with van der Waals surface area (Å²) < 4.78 is 46.8. The van der Waals surface area contributed by atoms with E-state index < -0.39 is 88.7 Å². The highest BCUT2D eigenvalue weighted by atomic mass is 32.2. The number of amides is 3. The van der Waals surface area contributed by atoms with Crippen molar-refractivity contribution >= 4 is 64.3 Å². The molecule has 7 rings (SSSR count). The minimum Gasteiger partial charge on any atom is -0.390 e. The maximum atomic E-state index is 17.7. The topological polar surface area (TPSA) is 197 Å². The Hall–Kier alpha value is -4.26. The highest BCUT2D eigenvalue weighted by Crippen LogP contribution is 2.72. The number of carbonyl (C=O) groups is 6. The summed E-state index contributed by atoms with van der Waals surface area (Å²) in [6.07, 6.45) is -0.103. The molecule has 66 heavy (non-hydrogen) atoms. The van der Waals surface area contributed by atoms with Gasteiger partial charge in [-0.25, -0.2) is 8.78 Å². The molecule has 1 heterocycles. The quantitative estimate of drug-likeness (QED) is 0.118. The smallest absolute Gasteiger partial charge is 0.232 e. The number of hydrogen-bond acceptors (Lipinski definition) is 12. The number of ketones is 3. The van der Waals surface area contributed by atoms with Gasteiger partial charge in [0.2, 0.25) is 17.7 Å². The number of halogens is 2. The largest absolute Gasteiger partial charge is 0.390 e. The van der Waals surface area contributed by atoms with Crippen LogP contribution in [0.15, 0.2) is 77.2 Å². The second-order valence-electron chi connectivity index (χ2n) is 18.8. The van der Waals surface area contributed by atoms with Crippen molar-refractivity contribution in [2.45, 2.75) is 125 Å². The maximum Gasteiger partial charge on any atom is 0.232 e. The fourth-order valence-electron chi connectivity index (χ4n) is 11.1. The van der Waals surface area contributed by atoms with Crippen molar-refractivity contribution in [3.05, 3.63) is 83.5 Å². The van der Waals surface area contributed by atoms with Crippen LogP contribution in [0.3, 0.4) is 0 Å². The van der Waals surface area contributed by atoms with Crippen LogP contribution in [0, 0.1) is 28.6 Å². The molecule has 4 aliphatic carbocycles. The molecule has 13 nitrogen and oxygen atoms in total. The molecular formula is C49H59F2N3O10S2. The SMILES string of the molecule is CSC(C)C(=O)NCCC(=O)N[C@@H](C)C(=O)C[C@@H](C)C(=O)Nc1cccc(SCc2ccc([C@@H]3O[C@@H]4C[C@H]5[C@@H]6C[C@H](F)C7=CC(=O)C=C[C@]7(C)[C@@]6(F)[C@@H](O)C[C@]5(C)[C@]4(C(=O)CO)O3)cc2)c1. The van der Waals surface area contributed by atoms with Gasteiger partial charge in [0.05, 0.1) is 23.5 Å². The van der Waals surface area contributed by atoms with Gasteiger partial charge in [0.1, 0.15) is 12.8 Å². The summed E-state index contributed by atoms with van der Waals surface area (Å²) in [6.45, 7) is 7.52. The maximum absolute atomic E-state index is 17.7. The van der Waals surface area contributed by atoms with Gasteiger partial charge in [-0.15, -0.1) is 11.8 Å². The number of fused-ring (bicyclic) bond motifs is 7. The third kappa shape index (κ3) is 8.84. The number of carbonyl (C=O) groups excluding carboxylic acids is 6. The molecule has 356 valence electrons. The van der Waals surface area contributed by atoms with Gasteiger partial charge in [0, 0.05) is 64.0 Å². The first kappa shape index (κ1) is 49.6. The summed E-state index contributed by atoms with van der Waals surface area (Å²) in [5, 5.41) is 30.1. The number of aliphatic hydroxyl groups excluding tert-OH is 2. The number of anilines is 1. The van der Waals surface area contributed by atoms with Crippen LogP contribution in [0.5, 0.6) is 0 Å². The first-order valence-corrected chi connectivity index (χ1v) is 24.7. The van der Waals surface area contributed by atoms with E-state index in [1.54, 1.807) is 33.8 Å². The molecule has 1 unspecified atom stereocenters. The van der Waals surface area contributed by atoms with Crippen molar-refractivity contribution in [2.75, 3.05) is 24.7 Å². The summed E-state index contributed by atoms with van der Waals surface area (Å²) in [4.78, 5) is 77.3. The van der Waals surface area contributed by atoms with Crippen LogP contribution in [0.25, 0.3) is 0 Å². The Morgan fingerprint density at radius 3 is 2.42 bits per heavy atom. The van der Waals surface area contributed by atoms with E-state index in [1.165, 1.54) is 42.6 Å². The van der Waals surface area contributed by atoms with Crippen molar-refractivity contribution in [3.8, 4) is 0 Å². The molecule has 0 radical (unpaired) electrons. The molecule has 3 saturated carbocycles. The molecule has 0 bridgehead atoms.